The van der Waals surface area contributed by atoms with E-state index in [9.17, 15) is 8.78 Å². The van der Waals surface area contributed by atoms with Gasteiger partial charge in [0.25, 0.3) is 0 Å². The highest BCUT2D eigenvalue weighted by molar-refractivity contribution is 8.00. The third kappa shape index (κ3) is 3.87. The van der Waals surface area contributed by atoms with Gasteiger partial charge in [-0.25, -0.2) is 8.78 Å². The van der Waals surface area contributed by atoms with Gasteiger partial charge in [0.15, 0.2) is 16.0 Å². The maximum Gasteiger partial charge on any atom is 0.206 e. The predicted octanol–water partition coefficient (Wildman–Crippen LogP) is 3.93. The first-order valence-corrected chi connectivity index (χ1v) is 7.64. The second kappa shape index (κ2) is 6.81. The predicted molar refractivity (Wildman–Crippen MR) is 74.6 cm³/mol. The van der Waals surface area contributed by atoms with Crippen LogP contribution in [0.5, 0.6) is 0 Å². The topological polar surface area (TPSA) is 37.8 Å². The molecule has 0 amide bonds. The van der Waals surface area contributed by atoms with Crippen LogP contribution in [0.15, 0.2) is 22.5 Å². The molecule has 7 heteroatoms. The van der Waals surface area contributed by atoms with Gasteiger partial charge in [-0.15, -0.1) is 10.2 Å². The highest BCUT2D eigenvalue weighted by atomic mass is 32.2. The Bertz CT molecular complexity index is 546. The molecule has 19 heavy (non-hydrogen) atoms. The molecule has 1 aromatic carbocycles. The van der Waals surface area contributed by atoms with Crippen molar-refractivity contribution in [3.05, 3.63) is 35.4 Å². The lowest BCUT2D eigenvalue weighted by molar-refractivity contribution is 0.502. The monoisotopic (exact) mass is 301 g/mol. The number of hydrogen-bond donors (Lipinski definition) is 1. The molecule has 1 N–H and O–H groups in total. The van der Waals surface area contributed by atoms with Crippen molar-refractivity contribution in [2.75, 3.05) is 11.9 Å². The summed E-state index contributed by atoms with van der Waals surface area (Å²) < 4.78 is 27.2. The Morgan fingerprint density at radius 1 is 1.32 bits per heavy atom. The van der Waals surface area contributed by atoms with Crippen LogP contribution in [0.1, 0.15) is 18.9 Å². The Morgan fingerprint density at radius 2 is 2.16 bits per heavy atom. The number of rotatable bonds is 6. The highest BCUT2D eigenvalue weighted by Crippen LogP contribution is 2.29. The molecule has 0 saturated heterocycles. The molecule has 0 bridgehead atoms. The van der Waals surface area contributed by atoms with Crippen LogP contribution in [0.4, 0.5) is 13.9 Å². The zero-order valence-electron chi connectivity index (χ0n) is 10.3. The summed E-state index contributed by atoms with van der Waals surface area (Å²) in [6.07, 6.45) is 1.01. The standard InChI is InChI=1S/C12H13F2N3S2/c1-2-6-15-11-16-17-12(19-11)18-7-8-4-3-5-9(13)10(8)14/h3-5H,2,6-7H2,1H3,(H,15,16). The van der Waals surface area contributed by atoms with Gasteiger partial charge in [0, 0.05) is 17.9 Å². The maximum atomic E-state index is 13.4. The molecule has 0 radical (unpaired) electrons. The number of nitrogens with one attached hydrogen (secondary N) is 1. The van der Waals surface area contributed by atoms with Crippen molar-refractivity contribution >= 4 is 28.2 Å². The number of anilines is 1. The average molecular weight is 301 g/mol. The molecular formula is C12H13F2N3S2. The highest BCUT2D eigenvalue weighted by Gasteiger charge is 2.10. The van der Waals surface area contributed by atoms with Crippen molar-refractivity contribution in [2.45, 2.75) is 23.4 Å². The molecule has 2 aromatic rings. The second-order valence-corrected chi connectivity index (χ2v) is 6.00. The van der Waals surface area contributed by atoms with Crippen molar-refractivity contribution in [1.29, 1.82) is 0 Å². The molecule has 0 aliphatic carbocycles. The Balaban J connectivity index is 1.95. The minimum Gasteiger partial charge on any atom is -0.360 e. The van der Waals surface area contributed by atoms with Gasteiger partial charge in [-0.2, -0.15) is 0 Å². The van der Waals surface area contributed by atoms with Crippen LogP contribution in [0.2, 0.25) is 0 Å². The van der Waals surface area contributed by atoms with Gasteiger partial charge in [0.2, 0.25) is 5.13 Å². The van der Waals surface area contributed by atoms with Crippen molar-refractivity contribution < 1.29 is 8.78 Å². The summed E-state index contributed by atoms with van der Waals surface area (Å²) in [4.78, 5) is 0. The van der Waals surface area contributed by atoms with Gasteiger partial charge in [0.1, 0.15) is 0 Å². The zero-order valence-corrected chi connectivity index (χ0v) is 12.0. The van der Waals surface area contributed by atoms with Crippen LogP contribution < -0.4 is 5.32 Å². The molecule has 102 valence electrons. The van der Waals surface area contributed by atoms with Crippen LogP contribution in [0.3, 0.4) is 0 Å². The average Bonchev–Trinajstić information content (AvgIpc) is 2.86. The second-order valence-electron chi connectivity index (χ2n) is 3.80. The number of nitrogens with zero attached hydrogens (tertiary/aromatic N) is 2. The summed E-state index contributed by atoms with van der Waals surface area (Å²) in [7, 11) is 0. The number of thioether (sulfide) groups is 1. The van der Waals surface area contributed by atoms with Crippen LogP contribution in [0.25, 0.3) is 0 Å². The lowest BCUT2D eigenvalue weighted by Gasteiger charge is -2.01. The van der Waals surface area contributed by atoms with Gasteiger partial charge in [-0.1, -0.05) is 42.2 Å². The van der Waals surface area contributed by atoms with Crippen LogP contribution in [-0.4, -0.2) is 16.7 Å². The number of halogens is 2. The first kappa shape index (κ1) is 14.2. The molecule has 0 aliphatic heterocycles. The summed E-state index contributed by atoms with van der Waals surface area (Å²) in [6, 6.07) is 4.19. The maximum absolute atomic E-state index is 13.4. The van der Waals surface area contributed by atoms with E-state index < -0.39 is 11.6 Å². The van der Waals surface area contributed by atoms with Crippen molar-refractivity contribution in [1.82, 2.24) is 10.2 Å². The fourth-order valence-electron chi connectivity index (χ4n) is 1.37. The van der Waals surface area contributed by atoms with Crippen LogP contribution in [0, 0.1) is 11.6 Å². The fraction of sp³-hybridized carbons (Fsp3) is 0.333. The smallest absolute Gasteiger partial charge is 0.206 e. The molecule has 0 spiro atoms. The number of aromatic nitrogens is 2. The SMILES string of the molecule is CCCNc1nnc(SCc2cccc(F)c2F)s1. The minimum absolute atomic E-state index is 0.336. The molecular weight excluding hydrogens is 288 g/mol. The van der Waals surface area contributed by atoms with E-state index in [0.29, 0.717) is 11.3 Å². The number of benzene rings is 1. The van der Waals surface area contributed by atoms with Crippen LogP contribution >= 0.6 is 23.1 Å². The first-order chi connectivity index (χ1) is 9.20. The van der Waals surface area contributed by atoms with E-state index in [2.05, 4.69) is 22.4 Å². The molecule has 0 unspecified atom stereocenters. The summed E-state index contributed by atoms with van der Waals surface area (Å²) >= 11 is 2.76. The van der Waals surface area contributed by atoms with Gasteiger partial charge < -0.3 is 5.32 Å². The lowest BCUT2D eigenvalue weighted by atomic mass is 10.2. The molecule has 0 atom stereocenters. The van der Waals surface area contributed by atoms with E-state index in [0.717, 1.165) is 28.5 Å². The largest absolute Gasteiger partial charge is 0.360 e. The molecule has 0 aliphatic rings. The quantitative estimate of drug-likeness (QED) is 0.820. The van der Waals surface area contributed by atoms with E-state index in [1.165, 1.54) is 29.2 Å². The van der Waals surface area contributed by atoms with Crippen molar-refractivity contribution in [3.63, 3.8) is 0 Å². The molecule has 1 heterocycles. The first-order valence-electron chi connectivity index (χ1n) is 5.83. The van der Waals surface area contributed by atoms with E-state index >= 15 is 0 Å². The zero-order chi connectivity index (χ0) is 13.7. The summed E-state index contributed by atoms with van der Waals surface area (Å²) in [5.74, 6) is -1.27. The van der Waals surface area contributed by atoms with Crippen molar-refractivity contribution in [3.8, 4) is 0 Å². The molecule has 0 saturated carbocycles. The van der Waals surface area contributed by atoms with E-state index in [4.69, 9.17) is 0 Å². The Morgan fingerprint density at radius 3 is 2.95 bits per heavy atom. The molecule has 0 fully saturated rings. The number of hydrogen-bond acceptors (Lipinski definition) is 5. The van der Waals surface area contributed by atoms with Gasteiger partial charge in [0.05, 0.1) is 0 Å². The lowest BCUT2D eigenvalue weighted by Crippen LogP contribution is -1.98. The summed E-state index contributed by atoms with van der Waals surface area (Å²) in [5.41, 5.74) is 0.336. The molecule has 3 nitrogen and oxygen atoms in total. The Kier molecular flexibility index (Phi) is 5.09. The van der Waals surface area contributed by atoms with Crippen LogP contribution in [-0.2, 0) is 5.75 Å². The van der Waals surface area contributed by atoms with Gasteiger partial charge in [-0.3, -0.25) is 0 Å². The molecule has 2 rings (SSSR count). The normalized spacial score (nSPS) is 10.7. The third-order valence-electron chi connectivity index (χ3n) is 2.32. The minimum atomic E-state index is -0.819. The summed E-state index contributed by atoms with van der Waals surface area (Å²) in [5, 5.41) is 11.8. The van der Waals surface area contributed by atoms with Gasteiger partial charge in [-0.05, 0) is 12.5 Å². The van der Waals surface area contributed by atoms with Gasteiger partial charge >= 0.3 is 0 Å². The Labute approximate surface area is 118 Å². The van der Waals surface area contributed by atoms with Crippen molar-refractivity contribution in [2.24, 2.45) is 0 Å². The van der Waals surface area contributed by atoms with E-state index in [1.807, 2.05) is 0 Å². The third-order valence-corrected chi connectivity index (χ3v) is 4.38. The molecule has 1 aromatic heterocycles. The fourth-order valence-corrected chi connectivity index (χ4v) is 3.12. The van der Waals surface area contributed by atoms with E-state index in [-0.39, 0.29) is 0 Å². The Hall–Kier alpha value is -1.21. The van der Waals surface area contributed by atoms with E-state index in [1.54, 1.807) is 6.07 Å². The summed E-state index contributed by atoms with van der Waals surface area (Å²) in [6.45, 7) is 2.91.